The maximum absolute atomic E-state index is 5.28. The summed E-state index contributed by atoms with van der Waals surface area (Å²) in [7, 11) is 0. The van der Waals surface area contributed by atoms with Crippen LogP contribution in [-0.4, -0.2) is 23.7 Å². The van der Waals surface area contributed by atoms with E-state index in [4.69, 9.17) is 9.97 Å². The number of benzene rings is 5. The minimum absolute atomic E-state index is 0.781. The van der Waals surface area contributed by atoms with Crippen molar-refractivity contribution in [1.82, 2.24) is 23.7 Å². The van der Waals surface area contributed by atoms with Crippen molar-refractivity contribution in [2.24, 2.45) is 0 Å². The fraction of sp³-hybridized carbons (Fsp3) is 0. The lowest BCUT2D eigenvalue weighted by molar-refractivity contribution is 1.01. The third kappa shape index (κ3) is 3.60. The van der Waals surface area contributed by atoms with Gasteiger partial charge in [-0.15, -0.1) is 0 Å². The molecule has 0 saturated carbocycles. The Balaban J connectivity index is 1.37. The quantitative estimate of drug-likeness (QED) is 0.196. The minimum atomic E-state index is 0.781. The topological polar surface area (TPSA) is 40.6 Å². The van der Waals surface area contributed by atoms with Gasteiger partial charge in [0.1, 0.15) is 22.8 Å². The molecule has 0 atom stereocenters. The van der Waals surface area contributed by atoms with Crippen LogP contribution in [-0.2, 0) is 0 Å². The van der Waals surface area contributed by atoms with E-state index in [9.17, 15) is 0 Å². The molecule has 0 bridgehead atoms. The van der Waals surface area contributed by atoms with E-state index in [-0.39, 0.29) is 0 Å². The summed E-state index contributed by atoms with van der Waals surface area (Å²) in [4.78, 5) is 10.4. The third-order valence-corrected chi connectivity index (χ3v) is 9.88. The molecule has 0 radical (unpaired) electrons. The van der Waals surface area contributed by atoms with E-state index >= 15 is 0 Å². The van der Waals surface area contributed by atoms with Gasteiger partial charge >= 0.3 is 0 Å². The summed E-state index contributed by atoms with van der Waals surface area (Å²) in [6, 6.07) is 59.8. The molecule has 6 aromatic carbocycles. The summed E-state index contributed by atoms with van der Waals surface area (Å²) >= 11 is 0. The minimum Gasteiger partial charge on any atom is -0.309 e. The van der Waals surface area contributed by atoms with Gasteiger partial charge in [0.05, 0.1) is 33.3 Å². The molecule has 0 aliphatic rings. The van der Waals surface area contributed by atoms with Crippen molar-refractivity contribution in [3.63, 3.8) is 0 Å². The lowest BCUT2D eigenvalue weighted by Gasteiger charge is -2.14. The molecule has 0 N–H and O–H groups in total. The SMILES string of the molecule is c1ccc2ccc(-n3c4ccccc4c4c5c(-n6c7ccccc7c7ccccc76)cccc5n(-c5ccc6ccccc6n5)c43)nc2c#1. The van der Waals surface area contributed by atoms with Crippen molar-refractivity contribution in [3.8, 4) is 17.3 Å². The molecule has 49 heavy (non-hydrogen) atoms. The highest BCUT2D eigenvalue weighted by Gasteiger charge is 2.26. The zero-order valence-corrected chi connectivity index (χ0v) is 26.2. The zero-order valence-electron chi connectivity index (χ0n) is 26.2. The molecule has 11 rings (SSSR count). The Hall–Kier alpha value is -6.90. The van der Waals surface area contributed by atoms with Gasteiger partial charge in [0.15, 0.2) is 0 Å². The maximum Gasteiger partial charge on any atom is 0.140 e. The summed E-state index contributed by atoms with van der Waals surface area (Å²) in [6.45, 7) is 0. The monoisotopic (exact) mass is 623 g/mol. The number of pyridine rings is 2. The lowest BCUT2D eigenvalue weighted by Crippen LogP contribution is -2.05. The van der Waals surface area contributed by atoms with Crippen LogP contribution < -0.4 is 0 Å². The fourth-order valence-electron chi connectivity index (χ4n) is 7.84. The van der Waals surface area contributed by atoms with Gasteiger partial charge in [0.2, 0.25) is 0 Å². The normalized spacial score (nSPS) is 11.9. The van der Waals surface area contributed by atoms with Crippen LogP contribution in [0.15, 0.2) is 152 Å². The number of hydrogen-bond acceptors (Lipinski definition) is 2. The second-order valence-corrected chi connectivity index (χ2v) is 12.5. The lowest BCUT2D eigenvalue weighted by atomic mass is 10.1. The smallest absolute Gasteiger partial charge is 0.140 e. The molecule has 0 aliphatic carbocycles. The van der Waals surface area contributed by atoms with E-state index in [1.54, 1.807) is 0 Å². The molecular weight excluding hydrogens is 599 g/mol. The first-order valence-electron chi connectivity index (χ1n) is 16.4. The number of nitrogens with zero attached hydrogens (tertiary/aromatic N) is 5. The first-order chi connectivity index (χ1) is 24.3. The van der Waals surface area contributed by atoms with Crippen LogP contribution in [0.25, 0.3) is 93.8 Å². The van der Waals surface area contributed by atoms with Gasteiger partial charge in [-0.05, 0) is 78.9 Å². The highest BCUT2D eigenvalue weighted by atomic mass is 15.2. The van der Waals surface area contributed by atoms with Gasteiger partial charge in [0.25, 0.3) is 0 Å². The van der Waals surface area contributed by atoms with Gasteiger partial charge in [0, 0.05) is 37.7 Å². The Bertz CT molecular complexity index is 3070. The van der Waals surface area contributed by atoms with Crippen molar-refractivity contribution in [1.29, 1.82) is 0 Å². The summed E-state index contributed by atoms with van der Waals surface area (Å²) in [6.07, 6.45) is 0. The number of rotatable bonds is 3. The van der Waals surface area contributed by atoms with Crippen LogP contribution in [0.2, 0.25) is 0 Å². The van der Waals surface area contributed by atoms with E-state index in [1.807, 2.05) is 18.2 Å². The molecule has 0 spiro atoms. The van der Waals surface area contributed by atoms with Crippen molar-refractivity contribution in [2.75, 3.05) is 0 Å². The maximum atomic E-state index is 5.28. The first kappa shape index (κ1) is 26.2. The summed E-state index contributed by atoms with van der Waals surface area (Å²) < 4.78 is 7.04. The Kier molecular flexibility index (Phi) is 5.24. The Morgan fingerprint density at radius 1 is 0.429 bits per heavy atom. The number of hydrogen-bond donors (Lipinski definition) is 0. The highest BCUT2D eigenvalue weighted by molar-refractivity contribution is 6.25. The van der Waals surface area contributed by atoms with Gasteiger partial charge in [-0.25, -0.2) is 9.97 Å². The molecule has 11 aromatic rings. The highest BCUT2D eigenvalue weighted by Crippen LogP contribution is 2.44. The van der Waals surface area contributed by atoms with Crippen LogP contribution in [0.1, 0.15) is 0 Å². The second kappa shape index (κ2) is 9.80. The summed E-state index contributed by atoms with van der Waals surface area (Å²) in [5.74, 6) is 1.67. The van der Waals surface area contributed by atoms with Gasteiger partial charge in [-0.2, -0.15) is 0 Å². The molecule has 5 nitrogen and oxygen atoms in total. The summed E-state index contributed by atoms with van der Waals surface area (Å²) in [5.41, 5.74) is 8.37. The van der Waals surface area contributed by atoms with Crippen LogP contribution in [0.5, 0.6) is 0 Å². The number of fused-ring (bicyclic) bond motifs is 10. The van der Waals surface area contributed by atoms with Crippen molar-refractivity contribution >= 4 is 76.5 Å². The molecule has 226 valence electrons. The standard InChI is InChI=1S/C44H25N5/c1-6-17-33-28(12-1)24-26-40(45-33)48-37-21-10-5-16-32(37)42-43-38(47-35-19-8-3-14-30(35)31-15-4-9-20-36(31)47)22-11-23-39(43)49(44(42)48)41-27-25-29-13-2-7-18-34(29)46-41/h1-5,7-16,18-27H. The molecule has 0 aliphatic heterocycles. The average molecular weight is 624 g/mol. The fourth-order valence-corrected chi connectivity index (χ4v) is 7.84. The third-order valence-electron chi connectivity index (χ3n) is 9.88. The van der Waals surface area contributed by atoms with E-state index in [0.717, 1.165) is 72.0 Å². The molecule has 5 aromatic heterocycles. The Labute approximate surface area is 280 Å². The van der Waals surface area contributed by atoms with E-state index in [0.29, 0.717) is 0 Å². The predicted molar refractivity (Wildman–Crippen MR) is 200 cm³/mol. The van der Waals surface area contributed by atoms with Crippen molar-refractivity contribution in [2.45, 2.75) is 0 Å². The van der Waals surface area contributed by atoms with Crippen LogP contribution in [0.4, 0.5) is 0 Å². The van der Waals surface area contributed by atoms with E-state index < -0.39 is 0 Å². The van der Waals surface area contributed by atoms with Crippen molar-refractivity contribution < 1.29 is 0 Å². The zero-order chi connectivity index (χ0) is 32.1. The number of para-hydroxylation sites is 4. The van der Waals surface area contributed by atoms with E-state index in [1.165, 1.54) is 21.8 Å². The molecule has 5 heterocycles. The largest absolute Gasteiger partial charge is 0.309 e. The second-order valence-electron chi connectivity index (χ2n) is 12.5. The summed E-state index contributed by atoms with van der Waals surface area (Å²) in [5, 5.41) is 8.07. The first-order valence-corrected chi connectivity index (χ1v) is 16.4. The molecule has 0 fully saturated rings. The van der Waals surface area contributed by atoms with E-state index in [2.05, 4.69) is 159 Å². The Morgan fingerprint density at radius 3 is 1.84 bits per heavy atom. The predicted octanol–water partition coefficient (Wildman–Crippen LogP) is 10.5. The number of aromatic nitrogens is 5. The molecular formula is C44H25N5. The average Bonchev–Trinajstić information content (AvgIpc) is 3.80. The van der Waals surface area contributed by atoms with Crippen LogP contribution in [0, 0.1) is 12.1 Å². The molecule has 0 saturated heterocycles. The van der Waals surface area contributed by atoms with Gasteiger partial charge < -0.3 is 4.57 Å². The van der Waals surface area contributed by atoms with Gasteiger partial charge in [-0.3, -0.25) is 9.13 Å². The Morgan fingerprint density at radius 2 is 1.04 bits per heavy atom. The van der Waals surface area contributed by atoms with Crippen LogP contribution in [0.3, 0.4) is 0 Å². The van der Waals surface area contributed by atoms with Crippen LogP contribution >= 0.6 is 0 Å². The molecule has 0 amide bonds. The molecule has 0 unspecified atom stereocenters. The molecule has 5 heteroatoms. The van der Waals surface area contributed by atoms with Crippen molar-refractivity contribution in [3.05, 3.63) is 164 Å². The van der Waals surface area contributed by atoms with Gasteiger partial charge in [-0.1, -0.05) is 84.9 Å².